The van der Waals surface area contributed by atoms with Crippen LogP contribution in [0.25, 0.3) is 10.4 Å². The molecule has 1 unspecified atom stereocenters. The predicted octanol–water partition coefficient (Wildman–Crippen LogP) is 2.34. The molecule has 3 fully saturated rings. The molecule has 0 spiro atoms. The zero-order valence-corrected chi connectivity index (χ0v) is 13.6. The lowest BCUT2D eigenvalue weighted by molar-refractivity contribution is 0.0620. The second-order valence-electron chi connectivity index (χ2n) is 6.29. The van der Waals surface area contributed by atoms with Crippen molar-refractivity contribution in [3.8, 4) is 16.2 Å². The molecule has 3 aliphatic heterocycles. The van der Waals surface area contributed by atoms with Crippen molar-refractivity contribution in [1.82, 2.24) is 15.2 Å². The zero-order chi connectivity index (χ0) is 15.8. The summed E-state index contributed by atoms with van der Waals surface area (Å²) in [6.07, 6.45) is 4.09. The van der Waals surface area contributed by atoms with Crippen LogP contribution in [0.4, 0.5) is 0 Å². The van der Waals surface area contributed by atoms with E-state index in [0.29, 0.717) is 10.9 Å². The van der Waals surface area contributed by atoms with Crippen LogP contribution in [0.2, 0.25) is 0 Å². The van der Waals surface area contributed by atoms with Gasteiger partial charge in [-0.15, -0.1) is 11.3 Å². The molecule has 1 aromatic heterocycles. The second-order valence-corrected chi connectivity index (χ2v) is 7.33. The van der Waals surface area contributed by atoms with Crippen LogP contribution in [-0.2, 0) is 0 Å². The molecule has 120 valence electrons. The Bertz CT molecular complexity index is 705. The van der Waals surface area contributed by atoms with Crippen LogP contribution in [0, 0.1) is 5.92 Å². The molecule has 4 heterocycles. The Labute approximate surface area is 139 Å². The number of hydrogen-bond acceptors (Lipinski definition) is 5. The van der Waals surface area contributed by atoms with Gasteiger partial charge in [0.25, 0.3) is 5.91 Å². The summed E-state index contributed by atoms with van der Waals surface area (Å²) >= 11 is 1.39. The fourth-order valence-electron chi connectivity index (χ4n) is 3.50. The van der Waals surface area contributed by atoms with Gasteiger partial charge in [-0.25, -0.2) is 4.98 Å². The zero-order valence-electron chi connectivity index (χ0n) is 12.7. The molecule has 5 rings (SSSR count). The summed E-state index contributed by atoms with van der Waals surface area (Å²) in [4.78, 5) is 20.1. The van der Waals surface area contributed by atoms with Gasteiger partial charge in [0.1, 0.15) is 5.75 Å². The quantitative estimate of drug-likeness (QED) is 0.907. The van der Waals surface area contributed by atoms with Crippen LogP contribution in [0.3, 0.4) is 0 Å². The van der Waals surface area contributed by atoms with Gasteiger partial charge in [0, 0.05) is 18.8 Å². The molecule has 1 amide bonds. The van der Waals surface area contributed by atoms with Crippen LogP contribution < -0.4 is 5.32 Å². The Kier molecular flexibility index (Phi) is 3.79. The summed E-state index contributed by atoms with van der Waals surface area (Å²) in [5, 5.41) is 13.0. The summed E-state index contributed by atoms with van der Waals surface area (Å²) in [7, 11) is 0. The van der Waals surface area contributed by atoms with E-state index in [-0.39, 0.29) is 17.7 Å². The minimum Gasteiger partial charge on any atom is -0.508 e. The number of nitrogens with one attached hydrogen (secondary N) is 1. The maximum atomic E-state index is 12.5. The lowest BCUT2D eigenvalue weighted by Crippen LogP contribution is -2.57. The fourth-order valence-corrected chi connectivity index (χ4v) is 4.32. The molecule has 2 aromatic rings. The van der Waals surface area contributed by atoms with E-state index in [9.17, 15) is 9.90 Å². The number of rotatable bonds is 3. The van der Waals surface area contributed by atoms with Gasteiger partial charge in [-0.05, 0) is 61.7 Å². The first-order valence-electron chi connectivity index (χ1n) is 7.97. The smallest absolute Gasteiger partial charge is 0.280 e. The standard InChI is InChI=1S/C17H19N3O2S/c21-13-3-1-12(2-4-13)15-9-18-17(23-15)16(22)19-14-10-20-7-5-11(14)6-8-20/h1-4,9,11,14,21H,5-8,10H2,(H,19,22). The molecular weight excluding hydrogens is 310 g/mol. The number of hydrogen-bond donors (Lipinski definition) is 2. The van der Waals surface area contributed by atoms with Crippen molar-refractivity contribution < 1.29 is 9.90 Å². The Morgan fingerprint density at radius 1 is 1.26 bits per heavy atom. The van der Waals surface area contributed by atoms with Crippen LogP contribution in [0.1, 0.15) is 22.6 Å². The number of carbonyl (C=O) groups excluding carboxylic acids is 1. The number of aromatic nitrogens is 1. The van der Waals surface area contributed by atoms with Crippen LogP contribution >= 0.6 is 11.3 Å². The first-order valence-corrected chi connectivity index (χ1v) is 8.79. The molecule has 1 aromatic carbocycles. The SMILES string of the molecule is O=C(NC1CN2CCC1CC2)c1ncc(-c2ccc(O)cc2)s1. The Morgan fingerprint density at radius 3 is 2.65 bits per heavy atom. The third kappa shape index (κ3) is 2.96. The minimum atomic E-state index is -0.0706. The lowest BCUT2D eigenvalue weighted by atomic mass is 9.84. The number of fused-ring (bicyclic) bond motifs is 3. The number of phenols is 1. The maximum absolute atomic E-state index is 12.5. The third-order valence-electron chi connectivity index (χ3n) is 4.82. The van der Waals surface area contributed by atoms with Gasteiger partial charge < -0.3 is 15.3 Å². The first-order chi connectivity index (χ1) is 11.2. The molecular formula is C17H19N3O2S. The van der Waals surface area contributed by atoms with E-state index in [0.717, 1.165) is 17.0 Å². The number of piperidine rings is 3. The molecule has 0 radical (unpaired) electrons. The van der Waals surface area contributed by atoms with E-state index in [4.69, 9.17) is 0 Å². The number of nitrogens with zero attached hydrogens (tertiary/aromatic N) is 2. The second kappa shape index (κ2) is 5.94. The number of phenolic OH excluding ortho intramolecular Hbond substituents is 1. The van der Waals surface area contributed by atoms with Gasteiger partial charge in [-0.3, -0.25) is 4.79 Å². The highest BCUT2D eigenvalue weighted by Gasteiger charge is 2.35. The summed E-state index contributed by atoms with van der Waals surface area (Å²) in [6.45, 7) is 3.30. The van der Waals surface area contributed by atoms with Crippen LogP contribution in [0.15, 0.2) is 30.5 Å². The van der Waals surface area contributed by atoms with Crippen LogP contribution in [-0.4, -0.2) is 46.6 Å². The van der Waals surface area contributed by atoms with E-state index in [1.54, 1.807) is 18.3 Å². The predicted molar refractivity (Wildman–Crippen MR) is 89.6 cm³/mol. The molecule has 0 aliphatic carbocycles. The molecule has 23 heavy (non-hydrogen) atoms. The largest absolute Gasteiger partial charge is 0.508 e. The lowest BCUT2D eigenvalue weighted by Gasteiger charge is -2.44. The Morgan fingerprint density at radius 2 is 2.00 bits per heavy atom. The Balaban J connectivity index is 1.46. The van der Waals surface area contributed by atoms with Gasteiger partial charge >= 0.3 is 0 Å². The van der Waals surface area contributed by atoms with Gasteiger partial charge in [0.15, 0.2) is 5.01 Å². The average molecular weight is 329 g/mol. The van der Waals surface area contributed by atoms with E-state index in [2.05, 4.69) is 15.2 Å². The van der Waals surface area contributed by atoms with Crippen LogP contribution in [0.5, 0.6) is 5.75 Å². The van der Waals surface area contributed by atoms with Crippen molar-refractivity contribution in [1.29, 1.82) is 0 Å². The number of aromatic hydroxyl groups is 1. The summed E-state index contributed by atoms with van der Waals surface area (Å²) < 4.78 is 0. The third-order valence-corrected chi connectivity index (χ3v) is 5.87. The normalized spacial score (nSPS) is 26.2. The van der Waals surface area contributed by atoms with Crippen molar-refractivity contribution in [2.45, 2.75) is 18.9 Å². The van der Waals surface area contributed by atoms with Crippen molar-refractivity contribution >= 4 is 17.2 Å². The number of benzene rings is 1. The van der Waals surface area contributed by atoms with Crippen molar-refractivity contribution in [3.05, 3.63) is 35.5 Å². The average Bonchev–Trinajstić information content (AvgIpc) is 3.07. The van der Waals surface area contributed by atoms with E-state index in [1.807, 2.05) is 12.1 Å². The van der Waals surface area contributed by atoms with E-state index >= 15 is 0 Å². The first kappa shape index (κ1) is 14.7. The molecule has 3 aliphatic rings. The topological polar surface area (TPSA) is 65.5 Å². The summed E-state index contributed by atoms with van der Waals surface area (Å²) in [5.41, 5.74) is 0.960. The highest BCUT2D eigenvalue weighted by atomic mass is 32.1. The highest BCUT2D eigenvalue weighted by Crippen LogP contribution is 2.29. The molecule has 2 N–H and O–H groups in total. The van der Waals surface area contributed by atoms with Crippen molar-refractivity contribution in [2.24, 2.45) is 5.92 Å². The minimum absolute atomic E-state index is 0.0706. The van der Waals surface area contributed by atoms with Gasteiger partial charge in [-0.1, -0.05) is 0 Å². The molecule has 1 atom stereocenters. The van der Waals surface area contributed by atoms with Gasteiger partial charge in [-0.2, -0.15) is 0 Å². The number of amides is 1. The molecule has 2 bridgehead atoms. The summed E-state index contributed by atoms with van der Waals surface area (Å²) in [5.74, 6) is 0.776. The van der Waals surface area contributed by atoms with E-state index in [1.165, 1.54) is 37.3 Å². The van der Waals surface area contributed by atoms with Crippen molar-refractivity contribution in [2.75, 3.05) is 19.6 Å². The van der Waals surface area contributed by atoms with E-state index < -0.39 is 0 Å². The maximum Gasteiger partial charge on any atom is 0.280 e. The fraction of sp³-hybridized carbons (Fsp3) is 0.412. The number of carbonyl (C=O) groups is 1. The molecule has 3 saturated heterocycles. The highest BCUT2D eigenvalue weighted by molar-refractivity contribution is 7.16. The Hall–Kier alpha value is -1.92. The molecule has 6 heteroatoms. The molecule has 0 saturated carbocycles. The monoisotopic (exact) mass is 329 g/mol. The number of thiazole rings is 1. The van der Waals surface area contributed by atoms with Crippen molar-refractivity contribution in [3.63, 3.8) is 0 Å². The van der Waals surface area contributed by atoms with Gasteiger partial charge in [0.2, 0.25) is 0 Å². The molecule has 5 nitrogen and oxygen atoms in total. The summed E-state index contributed by atoms with van der Waals surface area (Å²) in [6, 6.07) is 7.20. The van der Waals surface area contributed by atoms with Gasteiger partial charge in [0.05, 0.1) is 4.88 Å².